The minimum absolute atomic E-state index is 0.0977. The second-order valence-corrected chi connectivity index (χ2v) is 7.92. The van der Waals surface area contributed by atoms with E-state index in [-0.39, 0.29) is 30.2 Å². The van der Waals surface area contributed by atoms with E-state index >= 15 is 0 Å². The van der Waals surface area contributed by atoms with Gasteiger partial charge in [0.1, 0.15) is 0 Å². The number of hydrogen-bond donors (Lipinski definition) is 4. The Morgan fingerprint density at radius 1 is 1.11 bits per heavy atom. The van der Waals surface area contributed by atoms with Crippen molar-refractivity contribution in [3.05, 3.63) is 65.7 Å². The summed E-state index contributed by atoms with van der Waals surface area (Å²) in [6, 6.07) is 18.0. The standard InChI is InChI=1S/C24H32N4O3.2C2H6/c1-2-11-31-16-17-7-6-8-18(12-17)21(27-20-9-4-3-5-10-20)14-22(25)28-24(30)19-13-23(29)26-15-19;2*1-2/h3-10,12,19,21-22,27H,2,11,13-16,25H2,1H3,(H,26,29)(H,28,30);2*1-2H3. The third-order valence-electron chi connectivity index (χ3n) is 5.25. The molecule has 7 nitrogen and oxygen atoms in total. The van der Waals surface area contributed by atoms with E-state index in [1.165, 1.54) is 0 Å². The highest BCUT2D eigenvalue weighted by atomic mass is 16.5. The molecule has 194 valence electrons. The van der Waals surface area contributed by atoms with Crippen molar-refractivity contribution in [2.75, 3.05) is 18.5 Å². The van der Waals surface area contributed by atoms with Crippen LogP contribution in [-0.2, 0) is 20.9 Å². The van der Waals surface area contributed by atoms with Gasteiger partial charge in [-0.25, -0.2) is 0 Å². The molecule has 1 heterocycles. The molecule has 2 aromatic carbocycles. The quantitative estimate of drug-likeness (QED) is 0.272. The lowest BCUT2D eigenvalue weighted by molar-refractivity contribution is -0.127. The van der Waals surface area contributed by atoms with Crippen LogP contribution in [0.15, 0.2) is 54.6 Å². The first-order valence-electron chi connectivity index (χ1n) is 12.9. The van der Waals surface area contributed by atoms with Crippen molar-refractivity contribution in [1.82, 2.24) is 10.6 Å². The van der Waals surface area contributed by atoms with E-state index < -0.39 is 6.17 Å². The molecule has 0 spiro atoms. The lowest BCUT2D eigenvalue weighted by Crippen LogP contribution is -2.46. The molecule has 0 aromatic heterocycles. The van der Waals surface area contributed by atoms with E-state index in [0.29, 0.717) is 19.6 Å². The lowest BCUT2D eigenvalue weighted by atomic mass is 9.99. The molecule has 1 fully saturated rings. The number of benzene rings is 2. The van der Waals surface area contributed by atoms with Crippen LogP contribution in [0.3, 0.4) is 0 Å². The number of rotatable bonds is 11. The molecule has 0 radical (unpaired) electrons. The van der Waals surface area contributed by atoms with Crippen LogP contribution in [0.25, 0.3) is 0 Å². The Labute approximate surface area is 211 Å². The zero-order chi connectivity index (χ0) is 26.1. The zero-order valence-electron chi connectivity index (χ0n) is 22.0. The molecule has 1 saturated heterocycles. The molecule has 1 aliphatic heterocycles. The van der Waals surface area contributed by atoms with E-state index in [1.54, 1.807) is 0 Å². The molecular weight excluding hydrogens is 440 g/mol. The summed E-state index contributed by atoms with van der Waals surface area (Å²) in [4.78, 5) is 23.9. The first-order valence-corrected chi connectivity index (χ1v) is 12.9. The van der Waals surface area contributed by atoms with Crippen LogP contribution in [0.2, 0.25) is 0 Å². The SMILES string of the molecule is CC.CC.CCCOCc1cccc(C(CC(N)NC(=O)C2CNC(=O)C2)Nc2ccccc2)c1. The third-order valence-corrected chi connectivity index (χ3v) is 5.25. The fourth-order valence-electron chi connectivity index (χ4n) is 3.65. The summed E-state index contributed by atoms with van der Waals surface area (Å²) in [5.41, 5.74) is 9.45. The molecule has 0 bridgehead atoms. The number of nitrogens with one attached hydrogen (secondary N) is 3. The maximum absolute atomic E-state index is 12.5. The summed E-state index contributed by atoms with van der Waals surface area (Å²) in [5.74, 6) is -0.649. The number of nitrogens with two attached hydrogens (primary N) is 1. The van der Waals surface area contributed by atoms with Crippen molar-refractivity contribution < 1.29 is 14.3 Å². The normalized spacial score (nSPS) is 15.9. The number of carbonyl (C=O) groups is 2. The van der Waals surface area contributed by atoms with E-state index in [9.17, 15) is 9.59 Å². The van der Waals surface area contributed by atoms with Crippen LogP contribution in [0.5, 0.6) is 0 Å². The molecule has 7 heteroatoms. The highest BCUT2D eigenvalue weighted by Gasteiger charge is 2.29. The van der Waals surface area contributed by atoms with Crippen molar-refractivity contribution in [3.8, 4) is 0 Å². The predicted molar refractivity (Wildman–Crippen MR) is 144 cm³/mol. The second kappa shape index (κ2) is 17.5. The van der Waals surface area contributed by atoms with Crippen LogP contribution >= 0.6 is 0 Å². The fourth-order valence-corrected chi connectivity index (χ4v) is 3.65. The fraction of sp³-hybridized carbons (Fsp3) is 0.500. The van der Waals surface area contributed by atoms with Gasteiger partial charge in [-0.15, -0.1) is 0 Å². The minimum atomic E-state index is -0.551. The van der Waals surface area contributed by atoms with Crippen molar-refractivity contribution >= 4 is 17.5 Å². The van der Waals surface area contributed by atoms with Crippen LogP contribution in [-0.4, -0.2) is 31.1 Å². The van der Waals surface area contributed by atoms with E-state index in [0.717, 1.165) is 29.8 Å². The topological polar surface area (TPSA) is 105 Å². The molecule has 3 atom stereocenters. The van der Waals surface area contributed by atoms with Crippen molar-refractivity contribution in [2.24, 2.45) is 11.7 Å². The highest BCUT2D eigenvalue weighted by molar-refractivity contribution is 5.89. The summed E-state index contributed by atoms with van der Waals surface area (Å²) in [5, 5.41) is 9.08. The van der Waals surface area contributed by atoms with Gasteiger partial charge in [-0.2, -0.15) is 0 Å². The molecule has 1 aliphatic rings. The van der Waals surface area contributed by atoms with Crippen molar-refractivity contribution in [1.29, 1.82) is 0 Å². The lowest BCUT2D eigenvalue weighted by Gasteiger charge is -2.25. The average Bonchev–Trinajstić information content (AvgIpc) is 3.33. The molecule has 5 N–H and O–H groups in total. The molecule has 0 aliphatic carbocycles. The molecule has 3 unspecified atom stereocenters. The van der Waals surface area contributed by atoms with Gasteiger partial charge in [0.2, 0.25) is 11.8 Å². The molecule has 3 rings (SSSR count). The molecule has 0 saturated carbocycles. The van der Waals surface area contributed by atoms with Gasteiger partial charge in [-0.05, 0) is 29.7 Å². The van der Waals surface area contributed by atoms with Crippen LogP contribution in [0.1, 0.15) is 71.0 Å². The number of carbonyl (C=O) groups excluding carboxylic acids is 2. The van der Waals surface area contributed by atoms with Gasteiger partial charge >= 0.3 is 0 Å². The second-order valence-electron chi connectivity index (χ2n) is 7.92. The highest BCUT2D eigenvalue weighted by Crippen LogP contribution is 2.25. The van der Waals surface area contributed by atoms with Gasteiger partial charge in [0.15, 0.2) is 0 Å². The summed E-state index contributed by atoms with van der Waals surface area (Å²) in [6.45, 7) is 11.7. The Hall–Kier alpha value is -2.90. The van der Waals surface area contributed by atoms with Gasteiger partial charge in [0.25, 0.3) is 0 Å². The van der Waals surface area contributed by atoms with Gasteiger partial charge in [-0.3, -0.25) is 9.59 Å². The monoisotopic (exact) mass is 484 g/mol. The van der Waals surface area contributed by atoms with E-state index in [4.69, 9.17) is 10.5 Å². The molecule has 2 aromatic rings. The van der Waals surface area contributed by atoms with Crippen LogP contribution < -0.4 is 21.7 Å². The number of amides is 2. The average molecular weight is 485 g/mol. The Kier molecular flexibility index (Phi) is 15.1. The number of ether oxygens (including phenoxy) is 1. The Bertz CT molecular complexity index is 860. The van der Waals surface area contributed by atoms with Gasteiger partial charge in [0.05, 0.1) is 24.7 Å². The molecule has 2 amide bonds. The number of para-hydroxylation sites is 1. The smallest absolute Gasteiger partial charge is 0.226 e. The van der Waals surface area contributed by atoms with Crippen LogP contribution in [0, 0.1) is 5.92 Å². The van der Waals surface area contributed by atoms with E-state index in [1.807, 2.05) is 70.2 Å². The maximum Gasteiger partial charge on any atom is 0.226 e. The maximum atomic E-state index is 12.5. The first kappa shape index (κ1) is 30.1. The van der Waals surface area contributed by atoms with Crippen molar-refractivity contribution in [3.63, 3.8) is 0 Å². The van der Waals surface area contributed by atoms with Gasteiger partial charge < -0.3 is 26.4 Å². The Morgan fingerprint density at radius 3 is 2.46 bits per heavy atom. The first-order chi connectivity index (χ1) is 17.0. The van der Waals surface area contributed by atoms with E-state index in [2.05, 4.69) is 35.0 Å². The van der Waals surface area contributed by atoms with Crippen molar-refractivity contribution in [2.45, 2.75) is 72.7 Å². The molecule has 35 heavy (non-hydrogen) atoms. The number of anilines is 1. The Morgan fingerprint density at radius 2 is 1.83 bits per heavy atom. The number of hydrogen-bond acceptors (Lipinski definition) is 5. The summed E-state index contributed by atoms with van der Waals surface area (Å²) in [7, 11) is 0. The van der Waals surface area contributed by atoms with Gasteiger partial charge in [-0.1, -0.05) is 77.1 Å². The predicted octanol–water partition coefficient (Wildman–Crippen LogP) is 4.75. The summed E-state index contributed by atoms with van der Waals surface area (Å²) < 4.78 is 5.69. The third kappa shape index (κ3) is 10.9. The van der Waals surface area contributed by atoms with Gasteiger partial charge in [0, 0.05) is 31.7 Å². The minimum Gasteiger partial charge on any atom is -0.378 e. The van der Waals surface area contributed by atoms with Crippen LogP contribution in [0.4, 0.5) is 5.69 Å². The molecular formula is C28H44N4O3. The Balaban J connectivity index is 0.00000145. The summed E-state index contributed by atoms with van der Waals surface area (Å²) in [6.07, 6.45) is 1.14. The summed E-state index contributed by atoms with van der Waals surface area (Å²) >= 11 is 0. The largest absolute Gasteiger partial charge is 0.378 e. The zero-order valence-corrected chi connectivity index (χ0v) is 22.0.